The quantitative estimate of drug-likeness (QED) is 0.785. The molecular weight excluding hydrogens is 200 g/mol. The molecular formula is C13H26N2O. The predicted octanol–water partition coefficient (Wildman–Crippen LogP) is 2.86. The minimum Gasteiger partial charge on any atom is -0.338 e. The summed E-state index contributed by atoms with van der Waals surface area (Å²) in [5, 5.41) is 3.06. The Kier molecular flexibility index (Phi) is 5.64. The Morgan fingerprint density at radius 2 is 1.88 bits per heavy atom. The average Bonchev–Trinajstić information content (AvgIpc) is 2.31. The van der Waals surface area contributed by atoms with Crippen molar-refractivity contribution in [2.24, 2.45) is 11.8 Å². The van der Waals surface area contributed by atoms with E-state index in [4.69, 9.17) is 0 Å². The van der Waals surface area contributed by atoms with Crippen molar-refractivity contribution in [1.82, 2.24) is 10.2 Å². The normalized spacial score (nSPS) is 17.9. The van der Waals surface area contributed by atoms with E-state index in [2.05, 4.69) is 26.1 Å². The molecule has 1 aliphatic heterocycles. The van der Waals surface area contributed by atoms with Crippen LogP contribution >= 0.6 is 0 Å². The molecule has 0 spiro atoms. The standard InChI is InChI=1S/C13H26N2O/c1-4-12(5-2)10-14-13(16)15-8-6-11(3)7-9-15/h11-12H,4-10H2,1-3H3,(H,14,16). The second-order valence-corrected chi connectivity index (χ2v) is 5.04. The summed E-state index contributed by atoms with van der Waals surface area (Å²) in [5.74, 6) is 1.41. The number of hydrogen-bond acceptors (Lipinski definition) is 1. The van der Waals surface area contributed by atoms with Gasteiger partial charge in [0.05, 0.1) is 0 Å². The van der Waals surface area contributed by atoms with E-state index in [9.17, 15) is 4.79 Å². The van der Waals surface area contributed by atoms with Gasteiger partial charge in [0.25, 0.3) is 0 Å². The fourth-order valence-corrected chi connectivity index (χ4v) is 2.13. The summed E-state index contributed by atoms with van der Waals surface area (Å²) in [7, 11) is 0. The molecule has 1 aliphatic rings. The Hall–Kier alpha value is -0.730. The van der Waals surface area contributed by atoms with Gasteiger partial charge in [-0.3, -0.25) is 0 Å². The summed E-state index contributed by atoms with van der Waals surface area (Å²) < 4.78 is 0. The highest BCUT2D eigenvalue weighted by Gasteiger charge is 2.20. The lowest BCUT2D eigenvalue weighted by Gasteiger charge is -2.30. The van der Waals surface area contributed by atoms with Crippen LogP contribution in [0.5, 0.6) is 0 Å². The molecule has 16 heavy (non-hydrogen) atoms. The highest BCUT2D eigenvalue weighted by Crippen LogP contribution is 2.15. The largest absolute Gasteiger partial charge is 0.338 e. The third kappa shape index (κ3) is 4.03. The van der Waals surface area contributed by atoms with Crippen LogP contribution in [0.3, 0.4) is 0 Å². The van der Waals surface area contributed by atoms with Crippen LogP contribution < -0.4 is 5.32 Å². The summed E-state index contributed by atoms with van der Waals surface area (Å²) in [6, 6.07) is 0.138. The van der Waals surface area contributed by atoms with Crippen LogP contribution in [0.4, 0.5) is 4.79 Å². The first-order chi connectivity index (χ1) is 7.67. The fourth-order valence-electron chi connectivity index (χ4n) is 2.13. The van der Waals surface area contributed by atoms with Crippen LogP contribution in [-0.2, 0) is 0 Å². The molecule has 94 valence electrons. The van der Waals surface area contributed by atoms with Crippen molar-refractivity contribution in [3.05, 3.63) is 0 Å². The van der Waals surface area contributed by atoms with Gasteiger partial charge in [-0.15, -0.1) is 0 Å². The Bertz CT molecular complexity index is 206. The van der Waals surface area contributed by atoms with E-state index in [-0.39, 0.29) is 6.03 Å². The van der Waals surface area contributed by atoms with Gasteiger partial charge in [-0.25, -0.2) is 4.79 Å². The maximum Gasteiger partial charge on any atom is 0.317 e. The van der Waals surface area contributed by atoms with Crippen molar-refractivity contribution in [2.75, 3.05) is 19.6 Å². The molecule has 0 aromatic carbocycles. The zero-order valence-electron chi connectivity index (χ0n) is 11.0. The number of carbonyl (C=O) groups is 1. The van der Waals surface area contributed by atoms with Gasteiger partial charge in [0.15, 0.2) is 0 Å². The van der Waals surface area contributed by atoms with Crippen LogP contribution in [0.25, 0.3) is 0 Å². The molecule has 0 aromatic heterocycles. The molecule has 1 saturated heterocycles. The lowest BCUT2D eigenvalue weighted by molar-refractivity contribution is 0.172. The molecule has 0 bridgehead atoms. The number of rotatable bonds is 4. The lowest BCUT2D eigenvalue weighted by atomic mass is 9.99. The van der Waals surface area contributed by atoms with Crippen LogP contribution in [-0.4, -0.2) is 30.6 Å². The van der Waals surface area contributed by atoms with Gasteiger partial charge in [-0.1, -0.05) is 33.6 Å². The van der Waals surface area contributed by atoms with E-state index in [1.54, 1.807) is 0 Å². The lowest BCUT2D eigenvalue weighted by Crippen LogP contribution is -2.45. The number of likely N-dealkylation sites (tertiary alicyclic amines) is 1. The second-order valence-electron chi connectivity index (χ2n) is 5.04. The zero-order valence-corrected chi connectivity index (χ0v) is 11.0. The molecule has 1 rings (SSSR count). The topological polar surface area (TPSA) is 32.3 Å². The van der Waals surface area contributed by atoms with Crippen molar-refractivity contribution in [3.63, 3.8) is 0 Å². The summed E-state index contributed by atoms with van der Waals surface area (Å²) >= 11 is 0. The number of urea groups is 1. The minimum atomic E-state index is 0.138. The van der Waals surface area contributed by atoms with Gasteiger partial charge >= 0.3 is 6.03 Å². The average molecular weight is 226 g/mol. The number of hydrogen-bond donors (Lipinski definition) is 1. The summed E-state index contributed by atoms with van der Waals surface area (Å²) in [6.07, 6.45) is 4.60. The van der Waals surface area contributed by atoms with Gasteiger partial charge in [-0.05, 0) is 24.7 Å². The van der Waals surface area contributed by atoms with Crippen molar-refractivity contribution in [2.45, 2.75) is 46.5 Å². The first-order valence-electron chi connectivity index (χ1n) is 6.70. The molecule has 1 fully saturated rings. The number of nitrogens with zero attached hydrogens (tertiary/aromatic N) is 1. The van der Waals surface area contributed by atoms with Crippen LogP contribution in [0.1, 0.15) is 46.5 Å². The number of amides is 2. The maximum atomic E-state index is 11.9. The van der Waals surface area contributed by atoms with Crippen molar-refractivity contribution < 1.29 is 4.79 Å². The Labute approximate surface area is 99.6 Å². The molecule has 1 N–H and O–H groups in total. The Morgan fingerprint density at radius 1 is 1.31 bits per heavy atom. The van der Waals surface area contributed by atoms with Gasteiger partial charge < -0.3 is 10.2 Å². The predicted molar refractivity (Wildman–Crippen MR) is 67.4 cm³/mol. The molecule has 3 nitrogen and oxygen atoms in total. The maximum absolute atomic E-state index is 11.9. The SMILES string of the molecule is CCC(CC)CNC(=O)N1CCC(C)CC1. The molecule has 0 radical (unpaired) electrons. The van der Waals surface area contributed by atoms with E-state index in [0.29, 0.717) is 5.92 Å². The molecule has 0 atom stereocenters. The van der Waals surface area contributed by atoms with Gasteiger partial charge in [0, 0.05) is 19.6 Å². The van der Waals surface area contributed by atoms with Crippen LogP contribution in [0, 0.1) is 11.8 Å². The summed E-state index contributed by atoms with van der Waals surface area (Å²) in [6.45, 7) is 9.31. The monoisotopic (exact) mass is 226 g/mol. The highest BCUT2D eigenvalue weighted by atomic mass is 16.2. The minimum absolute atomic E-state index is 0.138. The zero-order chi connectivity index (χ0) is 12.0. The van der Waals surface area contributed by atoms with Gasteiger partial charge in [-0.2, -0.15) is 0 Å². The summed E-state index contributed by atoms with van der Waals surface area (Å²) in [5.41, 5.74) is 0. The van der Waals surface area contributed by atoms with Crippen LogP contribution in [0.15, 0.2) is 0 Å². The van der Waals surface area contributed by atoms with Crippen molar-refractivity contribution >= 4 is 6.03 Å². The number of piperidine rings is 1. The van der Waals surface area contributed by atoms with Crippen molar-refractivity contribution in [3.8, 4) is 0 Å². The Morgan fingerprint density at radius 3 is 2.38 bits per heavy atom. The van der Waals surface area contributed by atoms with E-state index in [1.807, 2.05) is 4.90 Å². The fraction of sp³-hybridized carbons (Fsp3) is 0.923. The van der Waals surface area contributed by atoms with E-state index >= 15 is 0 Å². The Balaban J connectivity index is 2.24. The summed E-state index contributed by atoms with van der Waals surface area (Å²) in [4.78, 5) is 13.8. The van der Waals surface area contributed by atoms with E-state index in [0.717, 1.165) is 51.2 Å². The van der Waals surface area contributed by atoms with Gasteiger partial charge in [0.1, 0.15) is 0 Å². The first kappa shape index (κ1) is 13.3. The van der Waals surface area contributed by atoms with E-state index in [1.165, 1.54) is 0 Å². The number of carbonyl (C=O) groups excluding carboxylic acids is 1. The molecule has 3 heteroatoms. The highest BCUT2D eigenvalue weighted by molar-refractivity contribution is 5.74. The van der Waals surface area contributed by atoms with Crippen molar-refractivity contribution in [1.29, 1.82) is 0 Å². The van der Waals surface area contributed by atoms with Crippen LogP contribution in [0.2, 0.25) is 0 Å². The van der Waals surface area contributed by atoms with Gasteiger partial charge in [0.2, 0.25) is 0 Å². The molecule has 0 unspecified atom stereocenters. The third-order valence-electron chi connectivity index (χ3n) is 3.77. The molecule has 0 aromatic rings. The number of nitrogens with one attached hydrogen (secondary N) is 1. The smallest absolute Gasteiger partial charge is 0.317 e. The third-order valence-corrected chi connectivity index (χ3v) is 3.77. The molecule has 1 heterocycles. The molecule has 2 amide bonds. The second kappa shape index (κ2) is 6.77. The first-order valence-corrected chi connectivity index (χ1v) is 6.70. The molecule has 0 aliphatic carbocycles. The van der Waals surface area contributed by atoms with E-state index < -0.39 is 0 Å². The molecule has 0 saturated carbocycles.